The average Bonchev–Trinajstić information content (AvgIpc) is 3.08. The van der Waals surface area contributed by atoms with E-state index in [2.05, 4.69) is 15.3 Å². The number of carbonyl (C=O) groups excluding carboxylic acids is 1. The van der Waals surface area contributed by atoms with Gasteiger partial charge in [0.1, 0.15) is 0 Å². The Bertz CT molecular complexity index is 1170. The topological polar surface area (TPSA) is 76.9 Å². The number of rotatable bonds is 5. The molecule has 0 aliphatic rings. The first-order valence-corrected chi connectivity index (χ1v) is 10.2. The minimum absolute atomic E-state index is 0.0815. The maximum absolute atomic E-state index is 12.4. The van der Waals surface area contributed by atoms with Crippen molar-refractivity contribution < 1.29 is 4.79 Å². The van der Waals surface area contributed by atoms with Crippen LogP contribution in [0.15, 0.2) is 58.5 Å². The molecule has 0 aliphatic carbocycles. The summed E-state index contributed by atoms with van der Waals surface area (Å²) in [6.07, 6.45) is 0.309. The Balaban J connectivity index is 1.40. The predicted octanol–water partition coefficient (Wildman–Crippen LogP) is 3.66. The van der Waals surface area contributed by atoms with Crippen LogP contribution in [-0.4, -0.2) is 26.2 Å². The average molecular weight is 396 g/mol. The monoisotopic (exact) mass is 396 g/mol. The maximum Gasteiger partial charge on any atom is 0.261 e. The number of nitrogens with zero attached hydrogens (tertiary/aromatic N) is 3. The number of fused-ring (bicyclic) bond motifs is 2. The zero-order chi connectivity index (χ0) is 18.8. The number of amides is 1. The van der Waals surface area contributed by atoms with Crippen molar-refractivity contribution in [2.45, 2.75) is 11.6 Å². The van der Waals surface area contributed by atoms with Crippen LogP contribution in [0.1, 0.15) is 6.42 Å². The second-order valence-corrected chi connectivity index (χ2v) is 8.00. The molecule has 0 saturated heterocycles. The van der Waals surface area contributed by atoms with Crippen LogP contribution in [0.3, 0.4) is 0 Å². The van der Waals surface area contributed by atoms with Crippen molar-refractivity contribution in [3.05, 3.63) is 58.9 Å². The molecular formula is C19H16N4O2S2. The Kier molecular flexibility index (Phi) is 4.91. The predicted molar refractivity (Wildman–Crippen MR) is 111 cm³/mol. The number of thiazole rings is 1. The largest absolute Gasteiger partial charge is 0.302 e. The van der Waals surface area contributed by atoms with E-state index in [0.29, 0.717) is 33.4 Å². The highest BCUT2D eigenvalue weighted by atomic mass is 32.2. The SMILES string of the molecule is Cn1c(SCCC(=O)Nc2nc3ccccc3s2)nc2ccccc2c1=O. The highest BCUT2D eigenvalue weighted by molar-refractivity contribution is 7.99. The Morgan fingerprint density at radius 3 is 2.67 bits per heavy atom. The fourth-order valence-electron chi connectivity index (χ4n) is 2.67. The van der Waals surface area contributed by atoms with Crippen LogP contribution in [0, 0.1) is 0 Å². The molecule has 6 nitrogen and oxygen atoms in total. The molecule has 0 atom stereocenters. The normalized spacial score (nSPS) is 11.1. The molecular weight excluding hydrogens is 380 g/mol. The standard InChI is InChI=1S/C19H16N4O2S2/c1-23-17(25)12-6-2-3-7-13(12)21-19(23)26-11-10-16(24)22-18-20-14-8-4-5-9-15(14)27-18/h2-9H,10-11H2,1H3,(H,20,22,24). The molecule has 4 rings (SSSR count). The number of thioether (sulfide) groups is 1. The van der Waals surface area contributed by atoms with Gasteiger partial charge in [-0.1, -0.05) is 47.4 Å². The summed E-state index contributed by atoms with van der Waals surface area (Å²) in [5.74, 6) is 0.419. The molecule has 0 radical (unpaired) electrons. The van der Waals surface area contributed by atoms with Crippen LogP contribution < -0.4 is 10.9 Å². The van der Waals surface area contributed by atoms with Gasteiger partial charge < -0.3 is 5.32 Å². The third-order valence-electron chi connectivity index (χ3n) is 4.04. The van der Waals surface area contributed by atoms with Gasteiger partial charge in [-0.15, -0.1) is 0 Å². The third-order valence-corrected chi connectivity index (χ3v) is 6.03. The van der Waals surface area contributed by atoms with Gasteiger partial charge in [0.05, 0.1) is 21.1 Å². The zero-order valence-electron chi connectivity index (χ0n) is 14.5. The lowest BCUT2D eigenvalue weighted by molar-refractivity contribution is -0.115. The zero-order valence-corrected chi connectivity index (χ0v) is 16.1. The van der Waals surface area contributed by atoms with E-state index in [1.807, 2.05) is 42.5 Å². The summed E-state index contributed by atoms with van der Waals surface area (Å²) in [6, 6.07) is 15.0. The molecule has 4 aromatic rings. The number of para-hydroxylation sites is 2. The van der Waals surface area contributed by atoms with Crippen molar-refractivity contribution in [3.8, 4) is 0 Å². The lowest BCUT2D eigenvalue weighted by atomic mass is 10.2. The molecule has 0 spiro atoms. The summed E-state index contributed by atoms with van der Waals surface area (Å²) < 4.78 is 2.57. The first-order valence-electron chi connectivity index (χ1n) is 8.36. The molecule has 0 aliphatic heterocycles. The van der Waals surface area contributed by atoms with E-state index in [1.54, 1.807) is 13.1 Å². The van der Waals surface area contributed by atoms with E-state index in [-0.39, 0.29) is 11.5 Å². The van der Waals surface area contributed by atoms with Crippen LogP contribution in [0.25, 0.3) is 21.1 Å². The van der Waals surface area contributed by atoms with E-state index in [9.17, 15) is 9.59 Å². The Morgan fingerprint density at radius 1 is 1.11 bits per heavy atom. The Hall–Kier alpha value is -2.71. The summed E-state index contributed by atoms with van der Waals surface area (Å²) >= 11 is 2.85. The van der Waals surface area contributed by atoms with Crippen molar-refractivity contribution in [1.82, 2.24) is 14.5 Å². The lowest BCUT2D eigenvalue weighted by Crippen LogP contribution is -2.20. The number of anilines is 1. The van der Waals surface area contributed by atoms with Gasteiger partial charge in [-0.05, 0) is 24.3 Å². The Labute approximate surface area is 163 Å². The van der Waals surface area contributed by atoms with Gasteiger partial charge >= 0.3 is 0 Å². The van der Waals surface area contributed by atoms with Gasteiger partial charge in [-0.25, -0.2) is 9.97 Å². The number of hydrogen-bond donors (Lipinski definition) is 1. The number of benzene rings is 2. The smallest absolute Gasteiger partial charge is 0.261 e. The van der Waals surface area contributed by atoms with Crippen LogP contribution in [0.5, 0.6) is 0 Å². The second kappa shape index (κ2) is 7.50. The molecule has 2 aromatic carbocycles. The minimum Gasteiger partial charge on any atom is -0.302 e. The highest BCUT2D eigenvalue weighted by Gasteiger charge is 2.11. The van der Waals surface area contributed by atoms with Gasteiger partial charge in [0.25, 0.3) is 5.56 Å². The quantitative estimate of drug-likeness (QED) is 0.411. The van der Waals surface area contributed by atoms with E-state index < -0.39 is 0 Å². The van der Waals surface area contributed by atoms with Gasteiger partial charge in [0.2, 0.25) is 5.91 Å². The van der Waals surface area contributed by atoms with Crippen LogP contribution in [0.2, 0.25) is 0 Å². The first-order chi connectivity index (χ1) is 13.1. The van der Waals surface area contributed by atoms with Crippen molar-refractivity contribution in [2.75, 3.05) is 11.1 Å². The molecule has 0 unspecified atom stereocenters. The molecule has 1 amide bonds. The molecule has 0 bridgehead atoms. The molecule has 136 valence electrons. The third kappa shape index (κ3) is 3.72. The number of nitrogens with one attached hydrogen (secondary N) is 1. The first kappa shape index (κ1) is 17.7. The molecule has 2 aromatic heterocycles. The van der Waals surface area contributed by atoms with Crippen molar-refractivity contribution in [1.29, 1.82) is 0 Å². The van der Waals surface area contributed by atoms with E-state index in [4.69, 9.17) is 0 Å². The molecule has 1 N–H and O–H groups in total. The fraction of sp³-hybridized carbons (Fsp3) is 0.158. The Morgan fingerprint density at radius 2 is 1.85 bits per heavy atom. The highest BCUT2D eigenvalue weighted by Crippen LogP contribution is 2.25. The fourth-order valence-corrected chi connectivity index (χ4v) is 4.46. The second-order valence-electron chi connectivity index (χ2n) is 5.91. The summed E-state index contributed by atoms with van der Waals surface area (Å²) in [5, 5.41) is 4.64. The van der Waals surface area contributed by atoms with Crippen LogP contribution in [-0.2, 0) is 11.8 Å². The maximum atomic E-state index is 12.4. The van der Waals surface area contributed by atoms with Gasteiger partial charge in [-0.3, -0.25) is 14.2 Å². The number of carbonyl (C=O) groups is 1. The van der Waals surface area contributed by atoms with Gasteiger partial charge in [0, 0.05) is 19.2 Å². The summed E-state index contributed by atoms with van der Waals surface area (Å²) in [6.45, 7) is 0. The number of aromatic nitrogens is 3. The van der Waals surface area contributed by atoms with Gasteiger partial charge in [-0.2, -0.15) is 0 Å². The minimum atomic E-state index is -0.104. The molecule has 0 saturated carbocycles. The van der Waals surface area contributed by atoms with Crippen LogP contribution in [0.4, 0.5) is 5.13 Å². The van der Waals surface area contributed by atoms with Crippen molar-refractivity contribution in [2.24, 2.45) is 7.05 Å². The van der Waals surface area contributed by atoms with Gasteiger partial charge in [0.15, 0.2) is 10.3 Å². The molecule has 8 heteroatoms. The lowest BCUT2D eigenvalue weighted by Gasteiger charge is -2.08. The van der Waals surface area contributed by atoms with E-state index in [0.717, 1.165) is 10.2 Å². The molecule has 27 heavy (non-hydrogen) atoms. The van der Waals surface area contributed by atoms with E-state index in [1.165, 1.54) is 27.7 Å². The van der Waals surface area contributed by atoms with E-state index >= 15 is 0 Å². The molecule has 2 heterocycles. The van der Waals surface area contributed by atoms with Crippen molar-refractivity contribution in [3.63, 3.8) is 0 Å². The van der Waals surface area contributed by atoms with Crippen LogP contribution >= 0.6 is 23.1 Å². The number of hydrogen-bond acceptors (Lipinski definition) is 6. The summed E-state index contributed by atoms with van der Waals surface area (Å²) in [5.41, 5.74) is 1.46. The molecule has 0 fully saturated rings. The summed E-state index contributed by atoms with van der Waals surface area (Å²) in [4.78, 5) is 33.5. The summed E-state index contributed by atoms with van der Waals surface area (Å²) in [7, 11) is 1.70. The van der Waals surface area contributed by atoms with Crippen molar-refractivity contribution >= 4 is 55.3 Å².